The quantitative estimate of drug-likeness (QED) is 0.194. The lowest BCUT2D eigenvalue weighted by Gasteiger charge is -2.07. The summed E-state index contributed by atoms with van der Waals surface area (Å²) in [7, 11) is 0. The number of nitrogens with one attached hydrogen (secondary N) is 2. The van der Waals surface area contributed by atoms with E-state index < -0.39 is 0 Å². The van der Waals surface area contributed by atoms with Crippen LogP contribution < -0.4 is 0 Å². The minimum Gasteiger partial charge on any atom is -0.354 e. The van der Waals surface area contributed by atoms with Gasteiger partial charge in [0.15, 0.2) is 0 Å². The SMILES string of the molecule is Cc1ccc(-c2c3nc(c(-c4ccc(C)cc4)c4ccc([nH]4)c(-c4cccc(C#N)c4)c4nc(c(-c5ccc(C)cc5)c5ccc2[nH]5)C=C4)C=C3)cc1. The van der Waals surface area contributed by atoms with Crippen LogP contribution in [-0.2, 0) is 0 Å². The van der Waals surface area contributed by atoms with Crippen LogP contribution in [0.1, 0.15) is 45.0 Å². The Bertz CT molecular complexity index is 2800. The van der Waals surface area contributed by atoms with Crippen LogP contribution in [0.3, 0.4) is 0 Å². The van der Waals surface area contributed by atoms with Crippen molar-refractivity contribution in [3.8, 4) is 50.6 Å². The highest BCUT2D eigenvalue weighted by atomic mass is 14.8. The van der Waals surface area contributed by atoms with Gasteiger partial charge in [-0.2, -0.15) is 5.26 Å². The van der Waals surface area contributed by atoms with Crippen molar-refractivity contribution in [2.45, 2.75) is 20.8 Å². The van der Waals surface area contributed by atoms with Crippen molar-refractivity contribution in [2.75, 3.05) is 0 Å². The first-order valence-corrected chi connectivity index (χ1v) is 17.8. The molecule has 0 saturated heterocycles. The van der Waals surface area contributed by atoms with E-state index in [-0.39, 0.29) is 0 Å². The zero-order valence-electron chi connectivity index (χ0n) is 29.7. The third kappa shape index (κ3) is 5.87. The van der Waals surface area contributed by atoms with E-state index in [2.05, 4.69) is 158 Å². The molecular weight excluding hydrogens is 647 g/mol. The fourth-order valence-electron chi connectivity index (χ4n) is 7.33. The van der Waals surface area contributed by atoms with Crippen molar-refractivity contribution in [1.29, 1.82) is 5.26 Å². The highest BCUT2D eigenvalue weighted by molar-refractivity contribution is 5.99. The molecule has 53 heavy (non-hydrogen) atoms. The van der Waals surface area contributed by atoms with Crippen molar-refractivity contribution in [1.82, 2.24) is 19.9 Å². The molecule has 2 aliphatic heterocycles. The Morgan fingerprint density at radius 3 is 1.09 bits per heavy atom. The lowest BCUT2D eigenvalue weighted by molar-refractivity contribution is 1.31. The molecule has 2 N–H and O–H groups in total. The molecule has 3 aromatic heterocycles. The Hall–Kier alpha value is -7.03. The summed E-state index contributed by atoms with van der Waals surface area (Å²) >= 11 is 0. The lowest BCUT2D eigenvalue weighted by atomic mass is 10.0. The largest absolute Gasteiger partial charge is 0.354 e. The monoisotopic (exact) mass is 681 g/mol. The zero-order valence-corrected chi connectivity index (χ0v) is 29.7. The number of hydrogen-bond acceptors (Lipinski definition) is 3. The molecule has 0 spiro atoms. The van der Waals surface area contributed by atoms with E-state index in [9.17, 15) is 5.26 Å². The first-order valence-electron chi connectivity index (χ1n) is 17.8. The van der Waals surface area contributed by atoms with Crippen LogP contribution in [0.25, 0.3) is 90.9 Å². The molecule has 5 nitrogen and oxygen atoms in total. The van der Waals surface area contributed by atoms with Crippen LogP contribution in [0.15, 0.2) is 121 Å². The van der Waals surface area contributed by atoms with Crippen LogP contribution >= 0.6 is 0 Å². The Morgan fingerprint density at radius 2 is 0.755 bits per heavy atom. The molecular formula is C48H35N5. The van der Waals surface area contributed by atoms with Crippen molar-refractivity contribution in [3.05, 3.63) is 166 Å². The van der Waals surface area contributed by atoms with Gasteiger partial charge in [0.2, 0.25) is 0 Å². The fraction of sp³-hybridized carbons (Fsp3) is 0.0625. The third-order valence-corrected chi connectivity index (χ3v) is 10.1. The van der Waals surface area contributed by atoms with E-state index in [1.54, 1.807) is 0 Å². The van der Waals surface area contributed by atoms with Crippen molar-refractivity contribution in [2.24, 2.45) is 0 Å². The van der Waals surface area contributed by atoms with Gasteiger partial charge in [-0.15, -0.1) is 0 Å². The van der Waals surface area contributed by atoms with E-state index in [0.717, 1.165) is 89.4 Å². The fourth-order valence-corrected chi connectivity index (χ4v) is 7.33. The second kappa shape index (κ2) is 12.9. The first kappa shape index (κ1) is 31.9. The average Bonchev–Trinajstić information content (AvgIpc) is 4.02. The number of aryl methyl sites for hydroxylation is 3. The molecule has 9 rings (SSSR count). The molecule has 0 fully saturated rings. The van der Waals surface area contributed by atoms with Gasteiger partial charge in [-0.05, 0) is 104 Å². The molecule has 5 heteroatoms. The lowest BCUT2D eigenvalue weighted by Crippen LogP contribution is -1.90. The summed E-state index contributed by atoms with van der Waals surface area (Å²) in [6.45, 7) is 6.32. The second-order valence-corrected chi connectivity index (χ2v) is 13.8. The van der Waals surface area contributed by atoms with Gasteiger partial charge in [-0.1, -0.05) is 102 Å². The van der Waals surface area contributed by atoms with Gasteiger partial charge < -0.3 is 9.97 Å². The van der Waals surface area contributed by atoms with Gasteiger partial charge in [0.1, 0.15) is 0 Å². The van der Waals surface area contributed by atoms with Crippen LogP contribution in [0, 0.1) is 32.1 Å². The van der Waals surface area contributed by atoms with E-state index >= 15 is 0 Å². The molecule has 5 heterocycles. The molecule has 0 unspecified atom stereocenters. The number of nitrogens with zero attached hydrogens (tertiary/aromatic N) is 3. The van der Waals surface area contributed by atoms with E-state index in [1.165, 1.54) is 16.7 Å². The van der Waals surface area contributed by atoms with Crippen LogP contribution in [0.4, 0.5) is 0 Å². The maximum Gasteiger partial charge on any atom is 0.0991 e. The molecule has 4 aromatic carbocycles. The van der Waals surface area contributed by atoms with Gasteiger partial charge in [-0.3, -0.25) is 0 Å². The standard InChI is InChI=1S/C48H35N5/c1-29-7-13-33(14-8-29)45-37-19-21-39(50-37)46(34-15-9-30(2)10-16-34)41-23-25-43(52-41)48(36-6-4-5-32(27-36)28-49)44-26-24-42(53-44)47(40-22-20-38(45)51-40)35-17-11-31(3)12-18-35/h4-27,50,53H,1-3H3. The summed E-state index contributed by atoms with van der Waals surface area (Å²) in [6.07, 6.45) is 8.43. The highest BCUT2D eigenvalue weighted by Crippen LogP contribution is 2.38. The maximum atomic E-state index is 9.87. The summed E-state index contributed by atoms with van der Waals surface area (Å²) < 4.78 is 0. The molecule has 0 amide bonds. The van der Waals surface area contributed by atoms with E-state index in [1.807, 2.05) is 24.3 Å². The van der Waals surface area contributed by atoms with Gasteiger partial charge >= 0.3 is 0 Å². The number of benzene rings is 4. The van der Waals surface area contributed by atoms with Crippen molar-refractivity contribution < 1.29 is 0 Å². The van der Waals surface area contributed by atoms with Crippen LogP contribution in [0.5, 0.6) is 0 Å². The molecule has 8 bridgehead atoms. The van der Waals surface area contributed by atoms with Crippen molar-refractivity contribution >= 4 is 46.4 Å². The molecule has 0 aliphatic carbocycles. The number of nitriles is 1. The highest BCUT2D eigenvalue weighted by Gasteiger charge is 2.19. The molecule has 0 atom stereocenters. The minimum absolute atomic E-state index is 0.590. The van der Waals surface area contributed by atoms with Gasteiger partial charge in [0, 0.05) is 44.3 Å². The summed E-state index contributed by atoms with van der Waals surface area (Å²) in [4.78, 5) is 18.4. The normalized spacial score (nSPS) is 11.9. The van der Waals surface area contributed by atoms with E-state index in [4.69, 9.17) is 9.97 Å². The Morgan fingerprint density at radius 1 is 0.415 bits per heavy atom. The predicted octanol–water partition coefficient (Wildman–Crippen LogP) is 12.1. The smallest absolute Gasteiger partial charge is 0.0991 e. The number of H-pyrrole nitrogens is 2. The Labute approximate surface area is 308 Å². The zero-order chi connectivity index (χ0) is 36.1. The number of hydrogen-bond donors (Lipinski definition) is 2. The number of fused-ring (bicyclic) bond motifs is 8. The molecule has 7 aromatic rings. The van der Waals surface area contributed by atoms with Crippen LogP contribution in [-0.4, -0.2) is 19.9 Å². The minimum atomic E-state index is 0.590. The predicted molar refractivity (Wildman–Crippen MR) is 220 cm³/mol. The van der Waals surface area contributed by atoms with Gasteiger partial charge in [0.25, 0.3) is 0 Å². The Kier molecular flexibility index (Phi) is 7.79. The van der Waals surface area contributed by atoms with Crippen LogP contribution in [0.2, 0.25) is 0 Å². The molecule has 2 aliphatic rings. The molecule has 0 saturated carbocycles. The average molecular weight is 682 g/mol. The number of rotatable bonds is 4. The summed E-state index contributed by atoms with van der Waals surface area (Å²) in [5.74, 6) is 0. The molecule has 0 radical (unpaired) electrons. The van der Waals surface area contributed by atoms with Gasteiger partial charge in [0.05, 0.1) is 34.4 Å². The number of aromatic amines is 2. The summed E-state index contributed by atoms with van der Waals surface area (Å²) in [6, 6.07) is 44.5. The summed E-state index contributed by atoms with van der Waals surface area (Å²) in [5, 5.41) is 9.87. The third-order valence-electron chi connectivity index (χ3n) is 10.1. The van der Waals surface area contributed by atoms with E-state index in [0.29, 0.717) is 5.56 Å². The first-order chi connectivity index (χ1) is 25.9. The summed E-state index contributed by atoms with van der Waals surface area (Å²) in [5.41, 5.74) is 19.4. The Balaban J connectivity index is 1.47. The second-order valence-electron chi connectivity index (χ2n) is 13.8. The van der Waals surface area contributed by atoms with Crippen molar-refractivity contribution in [3.63, 3.8) is 0 Å². The number of aromatic nitrogens is 4. The topological polar surface area (TPSA) is 81.2 Å². The van der Waals surface area contributed by atoms with Gasteiger partial charge in [-0.25, -0.2) is 9.97 Å². The molecule has 252 valence electrons. The maximum absolute atomic E-state index is 9.87.